The molecule has 3 aromatic heterocycles. The van der Waals surface area contributed by atoms with E-state index in [-0.39, 0.29) is 41.7 Å². The largest absolute Gasteiger partial charge is 3.00 e. The summed E-state index contributed by atoms with van der Waals surface area (Å²) in [7, 11) is -7.85. The molecule has 0 unspecified atom stereocenters. The van der Waals surface area contributed by atoms with Gasteiger partial charge in [0.15, 0.2) is 7.14 Å². The first-order valence-corrected chi connectivity index (χ1v) is 16.5. The van der Waals surface area contributed by atoms with Crippen molar-refractivity contribution < 1.29 is 55.6 Å². The Morgan fingerprint density at radius 1 is 0.468 bits per heavy atom. The molecule has 14 heteroatoms. The molecule has 0 aliphatic rings. The summed E-state index contributed by atoms with van der Waals surface area (Å²) in [6, 6.07) is 25.2. The minimum Gasteiger partial charge on any atom is -0.311 e. The number of nitrogens with zero attached hydrogens (tertiary/aromatic N) is 3. The molecule has 3 heterocycles. The molecule has 0 radical (unpaired) electrons. The summed E-state index contributed by atoms with van der Waals surface area (Å²) in [6.45, 7) is 0. The molecular formula is C33H18F6IrN3O2P2. The van der Waals surface area contributed by atoms with Crippen LogP contribution in [0.25, 0.3) is 0 Å². The number of pyridine rings is 3. The van der Waals surface area contributed by atoms with Crippen LogP contribution in [-0.2, 0) is 29.2 Å². The number of halogens is 6. The summed E-state index contributed by atoms with van der Waals surface area (Å²) in [4.78, 5) is 12.1. The van der Waals surface area contributed by atoms with Gasteiger partial charge in [0.05, 0.1) is 0 Å². The van der Waals surface area contributed by atoms with Crippen molar-refractivity contribution in [1.29, 1.82) is 0 Å². The van der Waals surface area contributed by atoms with Crippen LogP contribution in [0.15, 0.2) is 110 Å². The molecule has 5 nitrogen and oxygen atoms in total. The Kier molecular flexibility index (Phi) is 11.5. The Bertz CT molecular complexity index is 2000. The van der Waals surface area contributed by atoms with Crippen LogP contribution in [0, 0.1) is 53.1 Å². The zero-order chi connectivity index (χ0) is 32.9. The second kappa shape index (κ2) is 15.1. The Morgan fingerprint density at radius 3 is 1.04 bits per heavy atom. The van der Waals surface area contributed by atoms with Crippen molar-refractivity contribution in [1.82, 2.24) is 15.0 Å². The van der Waals surface area contributed by atoms with Gasteiger partial charge in [0.25, 0.3) is 0 Å². The first-order chi connectivity index (χ1) is 22.0. The third-order valence-corrected chi connectivity index (χ3v) is 12.0. The Morgan fingerprint density at radius 2 is 0.766 bits per heavy atom. The summed E-state index contributed by atoms with van der Waals surface area (Å²) in [5, 5.41) is -1.33. The fourth-order valence-corrected chi connectivity index (χ4v) is 9.13. The third kappa shape index (κ3) is 7.37. The predicted molar refractivity (Wildman–Crippen MR) is 161 cm³/mol. The van der Waals surface area contributed by atoms with E-state index in [4.69, 9.17) is 0 Å². The van der Waals surface area contributed by atoms with Crippen LogP contribution in [0.2, 0.25) is 0 Å². The van der Waals surface area contributed by atoms with E-state index in [0.29, 0.717) is 18.2 Å². The summed E-state index contributed by atoms with van der Waals surface area (Å²) >= 11 is 0. The predicted octanol–water partition coefficient (Wildman–Crippen LogP) is 5.07. The zero-order valence-corrected chi connectivity index (χ0v) is 27.7. The summed E-state index contributed by atoms with van der Waals surface area (Å²) in [5.74, 6) is -5.89. The number of rotatable bonds is 6. The van der Waals surface area contributed by atoms with Crippen LogP contribution in [0.4, 0.5) is 26.3 Å². The van der Waals surface area contributed by atoms with E-state index < -0.39 is 59.8 Å². The minimum absolute atomic E-state index is 0. The molecule has 47 heavy (non-hydrogen) atoms. The van der Waals surface area contributed by atoms with Gasteiger partial charge in [-0.05, 0) is 36.4 Å². The number of benzene rings is 3. The van der Waals surface area contributed by atoms with Crippen LogP contribution in [0.5, 0.6) is 0 Å². The van der Waals surface area contributed by atoms with Crippen molar-refractivity contribution in [3.8, 4) is 0 Å². The molecule has 0 aliphatic heterocycles. The first-order valence-electron chi connectivity index (χ1n) is 13.1. The smallest absolute Gasteiger partial charge is 0.311 e. The number of aromatic nitrogens is 3. The van der Waals surface area contributed by atoms with Gasteiger partial charge in [-0.15, -0.1) is 36.4 Å². The second-order valence-corrected chi connectivity index (χ2v) is 14.5. The zero-order valence-electron chi connectivity index (χ0n) is 23.5. The van der Waals surface area contributed by atoms with Crippen molar-refractivity contribution in [2.45, 2.75) is 0 Å². The molecule has 6 aromatic rings. The fraction of sp³-hybridized carbons (Fsp3) is 0. The summed E-state index contributed by atoms with van der Waals surface area (Å²) in [6.07, 6.45) is 4.23. The SMILES string of the molecule is O=P(c1ccccn1)(c1[c-]cc(F)cc1F)c1[c-]cc(F)cc1F.O=P(c1ccccn1)(c1ccccn1)c1[c-]cc(F)cc1F.[Ir+3]. The molecule has 0 saturated heterocycles. The molecule has 0 atom stereocenters. The van der Waals surface area contributed by atoms with Gasteiger partial charge in [-0.2, -0.15) is 18.2 Å². The quantitative estimate of drug-likeness (QED) is 0.133. The minimum atomic E-state index is -4.20. The molecule has 0 spiro atoms. The van der Waals surface area contributed by atoms with E-state index >= 15 is 0 Å². The maximum absolute atomic E-state index is 14.2. The van der Waals surface area contributed by atoms with Crippen LogP contribution >= 0.6 is 14.3 Å². The van der Waals surface area contributed by atoms with Crippen molar-refractivity contribution in [2.24, 2.45) is 0 Å². The van der Waals surface area contributed by atoms with E-state index in [2.05, 4.69) is 33.2 Å². The van der Waals surface area contributed by atoms with Gasteiger partial charge in [0.1, 0.15) is 23.4 Å². The van der Waals surface area contributed by atoms with Crippen molar-refractivity contribution in [3.63, 3.8) is 0 Å². The average Bonchev–Trinajstić information content (AvgIpc) is 3.05. The molecule has 238 valence electrons. The molecular weight excluding hydrogens is 839 g/mol. The van der Waals surface area contributed by atoms with Crippen LogP contribution in [-0.4, -0.2) is 15.0 Å². The molecule has 0 fully saturated rings. The van der Waals surface area contributed by atoms with Gasteiger partial charge in [-0.25, -0.2) is 0 Å². The maximum Gasteiger partial charge on any atom is 3.00 e. The Balaban J connectivity index is 0.000000209. The van der Waals surface area contributed by atoms with Gasteiger partial charge in [0, 0.05) is 53.5 Å². The van der Waals surface area contributed by atoms with Crippen molar-refractivity contribution in [2.75, 3.05) is 0 Å². The normalized spacial score (nSPS) is 11.2. The van der Waals surface area contributed by atoms with Crippen LogP contribution < -0.4 is 32.2 Å². The molecule has 3 aromatic carbocycles. The molecule has 0 N–H and O–H groups in total. The number of hydrogen-bond donors (Lipinski definition) is 0. The molecule has 0 aliphatic carbocycles. The van der Waals surface area contributed by atoms with E-state index in [1.165, 1.54) is 48.9 Å². The van der Waals surface area contributed by atoms with Gasteiger partial charge < -0.3 is 9.13 Å². The number of hydrogen-bond acceptors (Lipinski definition) is 5. The standard InChI is InChI=1S/C17H8F4NOP.C16H10F2N2OP.Ir/c18-11-4-6-15(13(20)9-11)24(23,17-3-1-2-8-22-17)16-7-5-12(19)10-14(16)21;17-12-7-8-14(13(18)11-12)22(21,15-5-1-3-9-19-15)16-6-2-4-10-20-16;/h1-5,8-10H;1-7,9-11H;/q-2;-1;+3. The van der Waals surface area contributed by atoms with Crippen LogP contribution in [0.3, 0.4) is 0 Å². The molecule has 0 amide bonds. The summed E-state index contributed by atoms with van der Waals surface area (Å²) < 4.78 is 109. The van der Waals surface area contributed by atoms with Crippen LogP contribution in [0.1, 0.15) is 0 Å². The third-order valence-electron chi connectivity index (χ3n) is 6.37. The fourth-order valence-electron chi connectivity index (χ4n) is 4.34. The Hall–Kier alpha value is -4.20. The molecule has 0 bridgehead atoms. The summed E-state index contributed by atoms with van der Waals surface area (Å²) in [5.41, 5.74) is 0.208. The van der Waals surface area contributed by atoms with Crippen molar-refractivity contribution in [3.05, 3.63) is 163 Å². The molecule has 0 saturated carbocycles. The van der Waals surface area contributed by atoms with Gasteiger partial charge in [-0.3, -0.25) is 41.3 Å². The van der Waals surface area contributed by atoms with Crippen molar-refractivity contribution >= 4 is 46.5 Å². The van der Waals surface area contributed by atoms with E-state index in [0.717, 1.165) is 18.2 Å². The average molecular weight is 857 g/mol. The Labute approximate surface area is 278 Å². The first kappa shape index (κ1) is 35.6. The van der Waals surface area contributed by atoms with E-state index in [9.17, 15) is 35.5 Å². The van der Waals surface area contributed by atoms with Gasteiger partial charge in [0.2, 0.25) is 0 Å². The van der Waals surface area contributed by atoms with Gasteiger partial charge in [-0.1, -0.05) is 34.1 Å². The monoisotopic (exact) mass is 857 g/mol. The van der Waals surface area contributed by atoms with Gasteiger partial charge >= 0.3 is 20.1 Å². The topological polar surface area (TPSA) is 72.8 Å². The maximum atomic E-state index is 14.2. The molecule has 6 rings (SSSR count). The van der Waals surface area contributed by atoms with E-state index in [1.54, 1.807) is 24.3 Å². The van der Waals surface area contributed by atoms with E-state index in [1.807, 2.05) is 0 Å². The second-order valence-electron chi connectivity index (χ2n) is 9.33.